The third kappa shape index (κ3) is 3.34. The quantitative estimate of drug-likeness (QED) is 0.712. The average Bonchev–Trinajstić information content (AvgIpc) is 2.75. The van der Waals surface area contributed by atoms with Crippen LogP contribution in [0.2, 0.25) is 0 Å². The van der Waals surface area contributed by atoms with Crippen LogP contribution in [-0.2, 0) is 0 Å². The van der Waals surface area contributed by atoms with Gasteiger partial charge in [-0.3, -0.25) is 0 Å². The number of hydrogen-bond acceptors (Lipinski definition) is 3. The van der Waals surface area contributed by atoms with Gasteiger partial charge in [-0.25, -0.2) is 0 Å². The van der Waals surface area contributed by atoms with Crippen LogP contribution in [-0.4, -0.2) is 23.7 Å². The predicted octanol–water partition coefficient (Wildman–Crippen LogP) is 4.80. The molecule has 0 aromatic heterocycles. The van der Waals surface area contributed by atoms with E-state index in [1.54, 1.807) is 7.11 Å². The highest BCUT2D eigenvalue weighted by atomic mass is 16.5. The molecule has 3 aromatic rings. The third-order valence-electron chi connectivity index (χ3n) is 5.14. The molecule has 0 unspecified atom stereocenters. The zero-order valence-corrected chi connectivity index (χ0v) is 15.3. The van der Waals surface area contributed by atoms with Crippen molar-refractivity contribution in [1.29, 1.82) is 0 Å². The number of methoxy groups -OCH3 is 1. The fourth-order valence-electron chi connectivity index (χ4n) is 3.82. The average molecular weight is 357 g/mol. The summed E-state index contributed by atoms with van der Waals surface area (Å²) in [6.07, 6.45) is 4.22. The maximum atomic E-state index is 10.2. The first-order valence-electron chi connectivity index (χ1n) is 9.16. The molecule has 0 saturated carbocycles. The minimum absolute atomic E-state index is 0.00124. The van der Waals surface area contributed by atoms with Gasteiger partial charge in [0.1, 0.15) is 5.75 Å². The largest absolute Gasteiger partial charge is 0.497 e. The molecule has 0 radical (unpaired) electrons. The topological polar surface area (TPSA) is 32.7 Å². The molecular weight excluding hydrogens is 334 g/mol. The van der Waals surface area contributed by atoms with Crippen LogP contribution in [0.4, 0.5) is 0 Å². The van der Waals surface area contributed by atoms with Crippen molar-refractivity contribution in [3.63, 3.8) is 0 Å². The van der Waals surface area contributed by atoms with Crippen LogP contribution in [0.15, 0.2) is 85.1 Å². The zero-order chi connectivity index (χ0) is 18.6. The van der Waals surface area contributed by atoms with E-state index < -0.39 is 0 Å². The highest BCUT2D eigenvalue weighted by Gasteiger charge is 2.30. The molecule has 0 aliphatic carbocycles. The number of benzene rings is 3. The number of aliphatic hydroxyl groups excluding tert-OH is 1. The Labute approximate surface area is 160 Å². The van der Waals surface area contributed by atoms with Gasteiger partial charge in [-0.15, -0.1) is 0 Å². The lowest BCUT2D eigenvalue weighted by atomic mass is 9.88. The van der Waals surface area contributed by atoms with Crippen LogP contribution in [0.3, 0.4) is 0 Å². The summed E-state index contributed by atoms with van der Waals surface area (Å²) in [5, 5.41) is 10.2. The van der Waals surface area contributed by atoms with Crippen molar-refractivity contribution in [1.82, 2.24) is 4.90 Å². The molecule has 0 fully saturated rings. The Bertz CT molecular complexity index is 936. The summed E-state index contributed by atoms with van der Waals surface area (Å²) < 4.78 is 5.45. The maximum Gasteiger partial charge on any atom is 0.119 e. The molecule has 1 aliphatic rings. The number of aliphatic hydroxyl groups is 1. The van der Waals surface area contributed by atoms with Crippen LogP contribution in [0.25, 0.3) is 6.08 Å². The Balaban J connectivity index is 1.84. The summed E-state index contributed by atoms with van der Waals surface area (Å²) >= 11 is 0. The Morgan fingerprint density at radius 2 is 1.74 bits per heavy atom. The molecule has 0 saturated heterocycles. The molecule has 4 rings (SSSR count). The molecule has 3 aromatic carbocycles. The van der Waals surface area contributed by atoms with Crippen LogP contribution in [0.5, 0.6) is 5.75 Å². The minimum atomic E-state index is -0.132. The van der Waals surface area contributed by atoms with Gasteiger partial charge < -0.3 is 14.7 Å². The fourth-order valence-corrected chi connectivity index (χ4v) is 3.82. The molecule has 2 atom stereocenters. The SMILES string of the molecule is COc1cccc([C@H]2c3ccccc3C=CN2[C@@H](CO)c2ccccc2)c1. The number of fused-ring (bicyclic) bond motifs is 1. The summed E-state index contributed by atoms with van der Waals surface area (Å²) in [5.41, 5.74) is 4.66. The van der Waals surface area contributed by atoms with E-state index in [9.17, 15) is 5.11 Å². The summed E-state index contributed by atoms with van der Waals surface area (Å²) in [7, 11) is 1.69. The number of ether oxygens (including phenoxy) is 1. The molecule has 1 heterocycles. The minimum Gasteiger partial charge on any atom is -0.497 e. The van der Waals surface area contributed by atoms with Gasteiger partial charge in [0.25, 0.3) is 0 Å². The van der Waals surface area contributed by atoms with Crippen LogP contribution < -0.4 is 4.74 Å². The van der Waals surface area contributed by atoms with E-state index in [2.05, 4.69) is 65.7 Å². The van der Waals surface area contributed by atoms with Crippen molar-refractivity contribution in [2.24, 2.45) is 0 Å². The number of hydrogen-bond donors (Lipinski definition) is 1. The molecule has 0 bridgehead atoms. The zero-order valence-electron chi connectivity index (χ0n) is 15.3. The van der Waals surface area contributed by atoms with E-state index in [0.717, 1.165) is 16.9 Å². The van der Waals surface area contributed by atoms with E-state index >= 15 is 0 Å². The van der Waals surface area contributed by atoms with E-state index in [0.29, 0.717) is 0 Å². The molecular formula is C24H23NO2. The molecule has 1 N–H and O–H groups in total. The highest BCUT2D eigenvalue weighted by Crippen LogP contribution is 2.41. The molecule has 3 heteroatoms. The molecule has 136 valence electrons. The number of rotatable bonds is 5. The first-order valence-corrected chi connectivity index (χ1v) is 9.16. The Morgan fingerprint density at radius 3 is 2.52 bits per heavy atom. The molecule has 3 nitrogen and oxygen atoms in total. The van der Waals surface area contributed by atoms with Crippen molar-refractivity contribution in [3.8, 4) is 5.75 Å². The van der Waals surface area contributed by atoms with Gasteiger partial charge in [-0.2, -0.15) is 0 Å². The molecule has 0 amide bonds. The predicted molar refractivity (Wildman–Crippen MR) is 108 cm³/mol. The van der Waals surface area contributed by atoms with Crippen molar-refractivity contribution < 1.29 is 9.84 Å². The Morgan fingerprint density at radius 1 is 0.963 bits per heavy atom. The third-order valence-corrected chi connectivity index (χ3v) is 5.14. The summed E-state index contributed by atoms with van der Waals surface area (Å²) in [5.74, 6) is 0.833. The lowest BCUT2D eigenvalue weighted by Gasteiger charge is -2.40. The standard InChI is InChI=1S/C24H23NO2/c1-27-21-12-7-11-20(16-21)24-22-13-6-5-8-18(22)14-15-25(24)23(17-26)19-9-3-2-4-10-19/h2-16,23-24,26H,17H2,1H3/t23-,24-/m0/s1. The van der Waals surface area contributed by atoms with Crippen LogP contribution >= 0.6 is 0 Å². The molecule has 1 aliphatic heterocycles. The normalized spacial score (nSPS) is 16.7. The first-order chi connectivity index (χ1) is 13.3. The van der Waals surface area contributed by atoms with Crippen LogP contribution in [0, 0.1) is 0 Å². The summed E-state index contributed by atoms with van der Waals surface area (Å²) in [4.78, 5) is 2.24. The van der Waals surface area contributed by atoms with Crippen molar-refractivity contribution >= 4 is 6.08 Å². The lowest BCUT2D eigenvalue weighted by molar-refractivity contribution is 0.142. The Kier molecular flexibility index (Phi) is 4.95. The Hall–Kier alpha value is -3.04. The van der Waals surface area contributed by atoms with Gasteiger partial charge in [0.2, 0.25) is 0 Å². The number of nitrogens with zero attached hydrogens (tertiary/aromatic N) is 1. The van der Waals surface area contributed by atoms with E-state index in [-0.39, 0.29) is 18.7 Å². The highest BCUT2D eigenvalue weighted by molar-refractivity contribution is 5.59. The fraction of sp³-hybridized carbons (Fsp3) is 0.167. The first kappa shape index (κ1) is 17.4. The van der Waals surface area contributed by atoms with Gasteiger partial charge in [-0.05, 0) is 40.5 Å². The summed E-state index contributed by atoms with van der Waals surface area (Å²) in [6.45, 7) is 0.0387. The second-order valence-corrected chi connectivity index (χ2v) is 6.68. The van der Waals surface area contributed by atoms with Crippen molar-refractivity contribution in [3.05, 3.63) is 107 Å². The monoisotopic (exact) mass is 357 g/mol. The van der Waals surface area contributed by atoms with E-state index in [1.807, 2.05) is 30.3 Å². The second kappa shape index (κ2) is 7.68. The lowest BCUT2D eigenvalue weighted by Crippen LogP contribution is -2.33. The smallest absolute Gasteiger partial charge is 0.119 e. The molecule has 27 heavy (non-hydrogen) atoms. The van der Waals surface area contributed by atoms with Crippen molar-refractivity contribution in [2.75, 3.05) is 13.7 Å². The van der Waals surface area contributed by atoms with Gasteiger partial charge in [0.15, 0.2) is 0 Å². The van der Waals surface area contributed by atoms with E-state index in [1.165, 1.54) is 11.1 Å². The van der Waals surface area contributed by atoms with Crippen LogP contribution in [0.1, 0.15) is 34.3 Å². The maximum absolute atomic E-state index is 10.2. The van der Waals surface area contributed by atoms with Crippen molar-refractivity contribution in [2.45, 2.75) is 12.1 Å². The van der Waals surface area contributed by atoms with Gasteiger partial charge in [-0.1, -0.05) is 66.7 Å². The summed E-state index contributed by atoms with van der Waals surface area (Å²) in [6, 6.07) is 26.6. The molecule has 0 spiro atoms. The van der Waals surface area contributed by atoms with Gasteiger partial charge in [0, 0.05) is 6.20 Å². The van der Waals surface area contributed by atoms with Gasteiger partial charge >= 0.3 is 0 Å². The van der Waals surface area contributed by atoms with E-state index in [4.69, 9.17) is 4.74 Å². The van der Waals surface area contributed by atoms with Gasteiger partial charge in [0.05, 0.1) is 25.8 Å². The second-order valence-electron chi connectivity index (χ2n) is 6.68.